The highest BCUT2D eigenvalue weighted by Crippen LogP contribution is 2.30. The quantitative estimate of drug-likeness (QED) is 0.574. The van der Waals surface area contributed by atoms with Crippen molar-refractivity contribution >= 4 is 34.6 Å². The number of hydrogen-bond donors (Lipinski definition) is 1. The van der Waals surface area contributed by atoms with Crippen molar-refractivity contribution in [2.75, 3.05) is 19.0 Å². The van der Waals surface area contributed by atoms with E-state index >= 15 is 0 Å². The van der Waals surface area contributed by atoms with Crippen molar-refractivity contribution in [1.82, 2.24) is 0 Å². The second kappa shape index (κ2) is 8.12. The minimum absolute atomic E-state index is 0.0278. The van der Waals surface area contributed by atoms with Gasteiger partial charge in [-0.25, -0.2) is 0 Å². The lowest BCUT2D eigenvalue weighted by molar-refractivity contribution is -0.385. The highest BCUT2D eigenvalue weighted by molar-refractivity contribution is 6.32. The first-order chi connectivity index (χ1) is 12.3. The molecule has 0 atom stereocenters. The molecule has 10 nitrogen and oxygen atoms in total. The van der Waals surface area contributed by atoms with E-state index in [1.807, 2.05) is 0 Å². The van der Waals surface area contributed by atoms with Crippen LogP contribution in [0.5, 0.6) is 11.5 Å². The van der Waals surface area contributed by atoms with Crippen LogP contribution in [0.3, 0.4) is 0 Å². The van der Waals surface area contributed by atoms with Crippen LogP contribution >= 0.6 is 11.6 Å². The van der Waals surface area contributed by atoms with E-state index in [1.54, 1.807) is 0 Å². The Morgan fingerprint density at radius 1 is 1.08 bits per heavy atom. The Morgan fingerprint density at radius 2 is 1.65 bits per heavy atom. The van der Waals surface area contributed by atoms with Crippen molar-refractivity contribution < 1.29 is 24.1 Å². The Balaban J connectivity index is 2.06. The van der Waals surface area contributed by atoms with Crippen molar-refractivity contribution in [2.24, 2.45) is 0 Å². The van der Waals surface area contributed by atoms with Crippen LogP contribution in [0.2, 0.25) is 5.02 Å². The average molecular weight is 382 g/mol. The number of carbonyl (C=O) groups is 1. The summed E-state index contributed by atoms with van der Waals surface area (Å²) in [5, 5.41) is 23.9. The molecule has 136 valence electrons. The number of halogens is 1. The molecule has 11 heteroatoms. The molecule has 1 amide bonds. The molecule has 2 aromatic rings. The molecule has 0 spiro atoms. The smallest absolute Gasteiger partial charge is 0.271 e. The molecule has 0 saturated carbocycles. The van der Waals surface area contributed by atoms with Crippen LogP contribution in [0, 0.1) is 20.2 Å². The molecule has 0 aliphatic rings. The van der Waals surface area contributed by atoms with Crippen LogP contribution < -0.4 is 14.8 Å². The zero-order valence-electron chi connectivity index (χ0n) is 13.3. The largest absolute Gasteiger partial charge is 0.495 e. The van der Waals surface area contributed by atoms with Gasteiger partial charge >= 0.3 is 0 Å². The molecular formula is C15H12ClN3O7. The second-order valence-corrected chi connectivity index (χ2v) is 5.26. The lowest BCUT2D eigenvalue weighted by atomic mass is 10.2. The highest BCUT2D eigenvalue weighted by atomic mass is 35.5. The van der Waals surface area contributed by atoms with Crippen molar-refractivity contribution in [2.45, 2.75) is 0 Å². The van der Waals surface area contributed by atoms with Gasteiger partial charge in [-0.05, 0) is 12.1 Å². The zero-order valence-corrected chi connectivity index (χ0v) is 14.1. The van der Waals surface area contributed by atoms with Gasteiger partial charge in [0.05, 0.1) is 27.7 Å². The Hall–Kier alpha value is -3.40. The lowest BCUT2D eigenvalue weighted by Gasteiger charge is -2.11. The number of benzene rings is 2. The monoisotopic (exact) mass is 381 g/mol. The maximum Gasteiger partial charge on any atom is 0.271 e. The number of nitrogens with one attached hydrogen (secondary N) is 1. The van der Waals surface area contributed by atoms with Crippen LogP contribution in [0.25, 0.3) is 0 Å². The van der Waals surface area contributed by atoms with Gasteiger partial charge in [0.1, 0.15) is 11.5 Å². The number of non-ortho nitro benzene ring substituents is 2. The third-order valence-electron chi connectivity index (χ3n) is 3.15. The number of ether oxygens (including phenoxy) is 2. The van der Waals surface area contributed by atoms with E-state index in [4.69, 9.17) is 21.1 Å². The first-order valence-corrected chi connectivity index (χ1v) is 7.38. The first kappa shape index (κ1) is 18.9. The summed E-state index contributed by atoms with van der Waals surface area (Å²) < 4.78 is 10.3. The molecular weight excluding hydrogens is 370 g/mol. The Labute approximate surface area is 151 Å². The van der Waals surface area contributed by atoms with Gasteiger partial charge in [-0.1, -0.05) is 11.6 Å². The van der Waals surface area contributed by atoms with Crippen LogP contribution in [-0.2, 0) is 4.79 Å². The third-order valence-corrected chi connectivity index (χ3v) is 3.45. The summed E-state index contributed by atoms with van der Waals surface area (Å²) in [6.07, 6.45) is 0. The molecule has 0 aliphatic carbocycles. The van der Waals surface area contributed by atoms with Crippen LogP contribution in [0.15, 0.2) is 36.4 Å². The van der Waals surface area contributed by atoms with Crippen LogP contribution in [0.1, 0.15) is 0 Å². The summed E-state index contributed by atoms with van der Waals surface area (Å²) in [4.78, 5) is 32.3. The number of carbonyl (C=O) groups excluding carboxylic acids is 1. The van der Waals surface area contributed by atoms with Crippen molar-refractivity contribution in [1.29, 1.82) is 0 Å². The van der Waals surface area contributed by atoms with Crippen LogP contribution in [0.4, 0.5) is 17.1 Å². The summed E-state index contributed by atoms with van der Waals surface area (Å²) in [7, 11) is 1.35. The van der Waals surface area contributed by atoms with E-state index in [-0.39, 0.29) is 33.6 Å². The van der Waals surface area contributed by atoms with Gasteiger partial charge in [0, 0.05) is 24.3 Å². The van der Waals surface area contributed by atoms with Gasteiger partial charge < -0.3 is 14.8 Å². The fourth-order valence-corrected chi connectivity index (χ4v) is 2.19. The van der Waals surface area contributed by atoms with E-state index in [1.165, 1.54) is 31.4 Å². The standard InChI is InChI=1S/C15H12ClN3O7/c1-25-14-5-3-10(19(23)24)7-12(14)17-15(20)8-26-13-4-2-9(18(21)22)6-11(13)16/h2-7H,8H2,1H3,(H,17,20). The summed E-state index contributed by atoms with van der Waals surface area (Å²) >= 11 is 5.86. The van der Waals surface area contributed by atoms with Gasteiger partial charge in [-0.3, -0.25) is 25.0 Å². The van der Waals surface area contributed by atoms with Crippen molar-refractivity contribution in [3.8, 4) is 11.5 Å². The summed E-state index contributed by atoms with van der Waals surface area (Å²) in [6, 6.07) is 7.28. The number of anilines is 1. The first-order valence-electron chi connectivity index (χ1n) is 7.01. The van der Waals surface area contributed by atoms with E-state index in [9.17, 15) is 25.0 Å². The molecule has 0 bridgehead atoms. The molecule has 0 aromatic heterocycles. The summed E-state index contributed by atoms with van der Waals surface area (Å²) in [6.45, 7) is -0.469. The fraction of sp³-hybridized carbons (Fsp3) is 0.133. The zero-order chi connectivity index (χ0) is 19.3. The Morgan fingerprint density at radius 3 is 2.19 bits per heavy atom. The number of methoxy groups -OCH3 is 1. The highest BCUT2D eigenvalue weighted by Gasteiger charge is 2.15. The maximum atomic E-state index is 12.0. The topological polar surface area (TPSA) is 134 Å². The van der Waals surface area contributed by atoms with Gasteiger partial charge in [0.25, 0.3) is 17.3 Å². The molecule has 0 radical (unpaired) electrons. The minimum atomic E-state index is -0.627. The predicted octanol–water partition coefficient (Wildman–Crippen LogP) is 3.18. The minimum Gasteiger partial charge on any atom is -0.495 e. The molecule has 2 rings (SSSR count). The van der Waals surface area contributed by atoms with E-state index < -0.39 is 22.4 Å². The Kier molecular flexibility index (Phi) is 5.91. The molecule has 0 aliphatic heterocycles. The predicted molar refractivity (Wildman–Crippen MR) is 91.9 cm³/mol. The second-order valence-electron chi connectivity index (χ2n) is 4.85. The van der Waals surface area contributed by atoms with Crippen LogP contribution in [-0.4, -0.2) is 29.5 Å². The normalized spacial score (nSPS) is 10.1. The molecule has 1 N–H and O–H groups in total. The number of rotatable bonds is 7. The van der Waals surface area contributed by atoms with E-state index in [0.717, 1.165) is 12.1 Å². The van der Waals surface area contributed by atoms with Crippen molar-refractivity contribution in [3.05, 3.63) is 61.6 Å². The van der Waals surface area contributed by atoms with Gasteiger partial charge in [-0.15, -0.1) is 0 Å². The number of amides is 1. The molecule has 0 unspecified atom stereocenters. The summed E-state index contributed by atoms with van der Waals surface area (Å²) in [5.74, 6) is -0.311. The number of nitrogens with zero attached hydrogens (tertiary/aromatic N) is 2. The van der Waals surface area contributed by atoms with Gasteiger partial charge in [0.15, 0.2) is 6.61 Å². The van der Waals surface area contributed by atoms with Crippen molar-refractivity contribution in [3.63, 3.8) is 0 Å². The maximum absolute atomic E-state index is 12.0. The molecule has 26 heavy (non-hydrogen) atoms. The number of nitro benzene ring substituents is 2. The third kappa shape index (κ3) is 4.57. The SMILES string of the molecule is COc1ccc([N+](=O)[O-])cc1NC(=O)COc1ccc([N+](=O)[O-])cc1Cl. The molecule has 0 saturated heterocycles. The molecule has 0 heterocycles. The van der Waals surface area contributed by atoms with E-state index in [2.05, 4.69) is 5.32 Å². The summed E-state index contributed by atoms with van der Waals surface area (Å²) in [5.41, 5.74) is -0.335. The van der Waals surface area contributed by atoms with Gasteiger partial charge in [0.2, 0.25) is 0 Å². The molecule has 0 fully saturated rings. The molecule has 2 aromatic carbocycles. The van der Waals surface area contributed by atoms with E-state index in [0.29, 0.717) is 0 Å². The number of nitro groups is 2. The number of hydrogen-bond acceptors (Lipinski definition) is 7. The average Bonchev–Trinajstić information content (AvgIpc) is 2.60. The van der Waals surface area contributed by atoms with Gasteiger partial charge in [-0.2, -0.15) is 0 Å². The lowest BCUT2D eigenvalue weighted by Crippen LogP contribution is -2.20. The Bertz CT molecular complexity index is 872. The fourth-order valence-electron chi connectivity index (χ4n) is 1.96.